The predicted molar refractivity (Wildman–Crippen MR) is 67.8 cm³/mol. The van der Waals surface area contributed by atoms with Crippen LogP contribution in [0.1, 0.15) is 45.4 Å². The number of nitrogens with one attached hydrogen (secondary N) is 1. The molecule has 0 aromatic carbocycles. The fourth-order valence-corrected chi connectivity index (χ4v) is 1.76. The summed E-state index contributed by atoms with van der Waals surface area (Å²) in [5, 5.41) is 3.46. The fraction of sp³-hybridized carbons (Fsp3) is 1.00. The molecule has 1 atom stereocenters. The largest absolute Gasteiger partial charge is 0.383 e. The summed E-state index contributed by atoms with van der Waals surface area (Å²) in [5.74, 6) is 0. The van der Waals surface area contributed by atoms with Gasteiger partial charge < -0.3 is 10.1 Å². The molecule has 0 spiro atoms. The van der Waals surface area contributed by atoms with E-state index >= 15 is 0 Å². The Balaban J connectivity index is 2.98. The molecule has 1 unspecified atom stereocenters. The van der Waals surface area contributed by atoms with Gasteiger partial charge in [-0.25, -0.2) is 0 Å². The van der Waals surface area contributed by atoms with E-state index in [1.807, 2.05) is 0 Å². The maximum Gasteiger partial charge on any atom is 0.0693 e. The minimum atomic E-state index is 0.107. The first-order valence-corrected chi connectivity index (χ1v) is 6.58. The number of alkyl halides is 1. The van der Waals surface area contributed by atoms with E-state index in [2.05, 4.69) is 12.2 Å². The maximum atomic E-state index is 5.97. The number of methoxy groups -OCH3 is 1. The lowest BCUT2D eigenvalue weighted by atomic mass is 10.1. The molecule has 0 heterocycles. The van der Waals surface area contributed by atoms with Gasteiger partial charge in [-0.05, 0) is 13.0 Å². The van der Waals surface area contributed by atoms with Gasteiger partial charge in [0.2, 0.25) is 0 Å². The van der Waals surface area contributed by atoms with Crippen LogP contribution < -0.4 is 5.32 Å². The van der Waals surface area contributed by atoms with Gasteiger partial charge in [0.05, 0.1) is 12.0 Å². The number of halogens is 1. The van der Waals surface area contributed by atoms with Gasteiger partial charge in [-0.2, -0.15) is 0 Å². The van der Waals surface area contributed by atoms with Gasteiger partial charge in [0, 0.05) is 13.7 Å². The molecule has 0 aliphatic rings. The number of hydrogen-bond acceptors (Lipinski definition) is 2. The minimum Gasteiger partial charge on any atom is -0.383 e. The van der Waals surface area contributed by atoms with Crippen LogP contribution in [0.15, 0.2) is 0 Å². The third-order valence-corrected chi connectivity index (χ3v) is 2.70. The number of rotatable bonds is 11. The van der Waals surface area contributed by atoms with E-state index < -0.39 is 0 Å². The molecule has 0 aliphatic heterocycles. The molecule has 92 valence electrons. The molecular formula is C12H26ClNO. The summed E-state index contributed by atoms with van der Waals surface area (Å²) >= 11 is 5.97. The average Bonchev–Trinajstić information content (AvgIpc) is 2.22. The van der Waals surface area contributed by atoms with Crippen molar-refractivity contribution < 1.29 is 4.74 Å². The quantitative estimate of drug-likeness (QED) is 0.439. The summed E-state index contributed by atoms with van der Waals surface area (Å²) in [6.45, 7) is 4.81. The topological polar surface area (TPSA) is 21.3 Å². The highest BCUT2D eigenvalue weighted by molar-refractivity contribution is 6.20. The maximum absolute atomic E-state index is 5.97. The molecule has 0 aliphatic carbocycles. The van der Waals surface area contributed by atoms with Crippen LogP contribution in [0.5, 0.6) is 0 Å². The van der Waals surface area contributed by atoms with Crippen LogP contribution in [0.2, 0.25) is 0 Å². The van der Waals surface area contributed by atoms with Gasteiger partial charge in [-0.3, -0.25) is 0 Å². The summed E-state index contributed by atoms with van der Waals surface area (Å²) in [7, 11) is 1.68. The van der Waals surface area contributed by atoms with E-state index in [1.54, 1.807) is 7.11 Å². The molecule has 15 heavy (non-hydrogen) atoms. The Morgan fingerprint density at radius 2 is 1.80 bits per heavy atom. The van der Waals surface area contributed by atoms with Gasteiger partial charge in [0.1, 0.15) is 0 Å². The molecule has 1 N–H and O–H groups in total. The van der Waals surface area contributed by atoms with E-state index in [4.69, 9.17) is 16.3 Å². The Bertz CT molecular complexity index is 122. The van der Waals surface area contributed by atoms with Crippen molar-refractivity contribution in [2.45, 2.75) is 50.8 Å². The van der Waals surface area contributed by atoms with Gasteiger partial charge in [0.15, 0.2) is 0 Å². The lowest BCUT2D eigenvalue weighted by molar-refractivity contribution is 0.197. The van der Waals surface area contributed by atoms with E-state index in [0.717, 1.165) is 13.1 Å². The molecule has 0 radical (unpaired) electrons. The number of unbranched alkanes of at least 4 members (excludes halogenated alkanes) is 5. The second kappa shape index (κ2) is 12.3. The van der Waals surface area contributed by atoms with Gasteiger partial charge in [0.25, 0.3) is 0 Å². The van der Waals surface area contributed by atoms with E-state index in [9.17, 15) is 0 Å². The molecule has 0 fully saturated rings. The van der Waals surface area contributed by atoms with Crippen molar-refractivity contribution in [2.24, 2.45) is 0 Å². The Labute approximate surface area is 99.7 Å². The molecule has 0 saturated carbocycles. The monoisotopic (exact) mass is 235 g/mol. The standard InChI is InChI=1S/C12H26ClNO/c1-3-4-5-6-7-8-9-14-10-12(13)11-15-2/h12,14H,3-11H2,1-2H3. The Morgan fingerprint density at radius 3 is 2.47 bits per heavy atom. The van der Waals surface area contributed by atoms with Crippen LogP contribution in [0.25, 0.3) is 0 Å². The zero-order valence-electron chi connectivity index (χ0n) is 10.2. The van der Waals surface area contributed by atoms with Crippen molar-refractivity contribution in [3.05, 3.63) is 0 Å². The molecule has 0 aromatic rings. The van der Waals surface area contributed by atoms with Crippen LogP contribution in [0, 0.1) is 0 Å². The van der Waals surface area contributed by atoms with Crippen molar-refractivity contribution in [3.8, 4) is 0 Å². The lowest BCUT2D eigenvalue weighted by Gasteiger charge is -2.09. The third-order valence-electron chi connectivity index (χ3n) is 2.42. The molecule has 2 nitrogen and oxygen atoms in total. The van der Waals surface area contributed by atoms with Crippen molar-refractivity contribution in [1.82, 2.24) is 5.32 Å². The molecule has 0 saturated heterocycles. The minimum absolute atomic E-state index is 0.107. The van der Waals surface area contributed by atoms with E-state index in [1.165, 1.54) is 38.5 Å². The van der Waals surface area contributed by atoms with Gasteiger partial charge in [-0.1, -0.05) is 39.0 Å². The lowest BCUT2D eigenvalue weighted by Crippen LogP contribution is -2.27. The Kier molecular flexibility index (Phi) is 12.5. The highest BCUT2D eigenvalue weighted by Crippen LogP contribution is 2.04. The summed E-state index contributed by atoms with van der Waals surface area (Å²) in [5.41, 5.74) is 0. The third kappa shape index (κ3) is 12.1. The fourth-order valence-electron chi connectivity index (χ4n) is 1.53. The van der Waals surface area contributed by atoms with Crippen LogP contribution in [0.4, 0.5) is 0 Å². The second-order valence-corrected chi connectivity index (χ2v) is 4.64. The first kappa shape index (κ1) is 15.2. The van der Waals surface area contributed by atoms with Crippen molar-refractivity contribution >= 4 is 11.6 Å². The summed E-state index contributed by atoms with van der Waals surface area (Å²) in [6.07, 6.45) is 8.06. The zero-order chi connectivity index (χ0) is 11.4. The molecular weight excluding hydrogens is 210 g/mol. The van der Waals surface area contributed by atoms with Crippen LogP contribution in [0.3, 0.4) is 0 Å². The summed E-state index contributed by atoms with van der Waals surface area (Å²) in [4.78, 5) is 0. The van der Waals surface area contributed by atoms with E-state index in [-0.39, 0.29) is 5.38 Å². The van der Waals surface area contributed by atoms with E-state index in [0.29, 0.717) is 6.61 Å². The molecule has 0 aromatic heterocycles. The van der Waals surface area contributed by atoms with Gasteiger partial charge >= 0.3 is 0 Å². The summed E-state index contributed by atoms with van der Waals surface area (Å²) < 4.78 is 4.95. The van der Waals surface area contributed by atoms with Crippen molar-refractivity contribution in [2.75, 3.05) is 26.8 Å². The summed E-state index contributed by atoms with van der Waals surface area (Å²) in [6, 6.07) is 0. The highest BCUT2D eigenvalue weighted by Gasteiger charge is 2.01. The first-order valence-electron chi connectivity index (χ1n) is 6.15. The normalized spacial score (nSPS) is 13.0. The molecule has 0 amide bonds. The predicted octanol–water partition coefficient (Wildman–Crippen LogP) is 3.19. The van der Waals surface area contributed by atoms with Crippen molar-refractivity contribution in [3.63, 3.8) is 0 Å². The SMILES string of the molecule is CCCCCCCCNCC(Cl)COC. The molecule has 0 bridgehead atoms. The van der Waals surface area contributed by atoms with Crippen molar-refractivity contribution in [1.29, 1.82) is 0 Å². The Morgan fingerprint density at radius 1 is 1.13 bits per heavy atom. The average molecular weight is 236 g/mol. The molecule has 0 rings (SSSR count). The molecule has 3 heteroatoms. The van der Waals surface area contributed by atoms with Crippen LogP contribution in [-0.2, 0) is 4.74 Å². The van der Waals surface area contributed by atoms with Crippen LogP contribution in [-0.4, -0.2) is 32.2 Å². The smallest absolute Gasteiger partial charge is 0.0693 e. The second-order valence-electron chi connectivity index (χ2n) is 4.02. The first-order chi connectivity index (χ1) is 7.31. The Hall–Kier alpha value is 0.210. The van der Waals surface area contributed by atoms with Gasteiger partial charge in [-0.15, -0.1) is 11.6 Å². The number of hydrogen-bond donors (Lipinski definition) is 1. The van der Waals surface area contributed by atoms with Crippen LogP contribution >= 0.6 is 11.6 Å². The number of ether oxygens (including phenoxy) is 1. The highest BCUT2D eigenvalue weighted by atomic mass is 35.5. The zero-order valence-corrected chi connectivity index (χ0v) is 11.0.